The lowest BCUT2D eigenvalue weighted by Crippen LogP contribution is -2.23. The Morgan fingerprint density at radius 3 is 2.19 bits per heavy atom. The quantitative estimate of drug-likeness (QED) is 0.519. The Morgan fingerprint density at radius 1 is 1.05 bits per heavy atom. The van der Waals surface area contributed by atoms with Crippen LogP contribution in [-0.2, 0) is 16.5 Å². The lowest BCUT2D eigenvalue weighted by molar-refractivity contribution is 0.274. The lowest BCUT2D eigenvalue weighted by atomic mass is 10.0. The standard InChI is InChI=1S/C16H26O4S/c1-3-4-5-6-7-8-9-15-10-12-16(13-11-15)20-14(2)21(17,18)19/h10-14H,3-9H2,1-2H3,(H,17,18,19). The topological polar surface area (TPSA) is 63.6 Å². The summed E-state index contributed by atoms with van der Waals surface area (Å²) in [5.41, 5.74) is -0.0285. The van der Waals surface area contributed by atoms with Gasteiger partial charge in [0.25, 0.3) is 0 Å². The number of unbranched alkanes of at least 4 members (excludes halogenated alkanes) is 5. The van der Waals surface area contributed by atoms with Gasteiger partial charge >= 0.3 is 10.1 Å². The smallest absolute Gasteiger partial charge is 0.303 e. The van der Waals surface area contributed by atoms with Crippen molar-refractivity contribution in [1.82, 2.24) is 0 Å². The fourth-order valence-electron chi connectivity index (χ4n) is 2.10. The van der Waals surface area contributed by atoms with Crippen LogP contribution < -0.4 is 4.74 Å². The average Bonchev–Trinajstić information content (AvgIpc) is 2.43. The average molecular weight is 314 g/mol. The first-order valence-electron chi connectivity index (χ1n) is 7.65. The van der Waals surface area contributed by atoms with E-state index in [2.05, 4.69) is 6.92 Å². The van der Waals surface area contributed by atoms with Crippen LogP contribution in [0, 0.1) is 0 Å². The zero-order valence-electron chi connectivity index (χ0n) is 12.9. The van der Waals surface area contributed by atoms with Gasteiger partial charge in [-0.15, -0.1) is 0 Å². The zero-order chi connectivity index (χ0) is 15.7. The van der Waals surface area contributed by atoms with Gasteiger partial charge in [-0.25, -0.2) is 0 Å². The molecule has 0 bridgehead atoms. The molecule has 0 heterocycles. The van der Waals surface area contributed by atoms with Gasteiger partial charge in [0.05, 0.1) is 0 Å². The van der Waals surface area contributed by atoms with E-state index in [1.54, 1.807) is 12.1 Å². The molecule has 1 N–H and O–H groups in total. The highest BCUT2D eigenvalue weighted by atomic mass is 32.2. The summed E-state index contributed by atoms with van der Waals surface area (Å²) in [5, 5.41) is 0. The molecule has 0 amide bonds. The summed E-state index contributed by atoms with van der Waals surface area (Å²) in [6.07, 6.45) is 8.64. The van der Waals surface area contributed by atoms with Crippen molar-refractivity contribution < 1.29 is 17.7 Å². The Kier molecular flexibility index (Phi) is 7.75. The van der Waals surface area contributed by atoms with Crippen molar-refractivity contribution in [3.8, 4) is 5.75 Å². The molecule has 21 heavy (non-hydrogen) atoms. The van der Waals surface area contributed by atoms with Crippen LogP contribution in [0.4, 0.5) is 0 Å². The molecule has 1 atom stereocenters. The Balaban J connectivity index is 2.34. The van der Waals surface area contributed by atoms with E-state index >= 15 is 0 Å². The molecule has 0 aromatic heterocycles. The Morgan fingerprint density at radius 2 is 1.62 bits per heavy atom. The van der Waals surface area contributed by atoms with E-state index in [1.165, 1.54) is 51.0 Å². The Labute approximate surface area is 128 Å². The number of ether oxygens (including phenoxy) is 1. The minimum absolute atomic E-state index is 0.451. The van der Waals surface area contributed by atoms with E-state index in [0.29, 0.717) is 5.75 Å². The molecule has 0 aliphatic heterocycles. The van der Waals surface area contributed by atoms with Gasteiger partial charge < -0.3 is 4.74 Å². The summed E-state index contributed by atoms with van der Waals surface area (Å²) in [6.45, 7) is 3.52. The molecule has 0 saturated carbocycles. The number of hydrogen-bond acceptors (Lipinski definition) is 3. The van der Waals surface area contributed by atoms with E-state index in [-0.39, 0.29) is 0 Å². The van der Waals surface area contributed by atoms with Gasteiger partial charge in [0.2, 0.25) is 5.44 Å². The van der Waals surface area contributed by atoms with Gasteiger partial charge in [0.1, 0.15) is 5.75 Å². The van der Waals surface area contributed by atoms with Crippen molar-refractivity contribution in [3.63, 3.8) is 0 Å². The van der Waals surface area contributed by atoms with Gasteiger partial charge in [-0.1, -0.05) is 51.2 Å². The molecule has 0 aliphatic carbocycles. The molecule has 5 heteroatoms. The predicted octanol–water partition coefficient (Wildman–Crippen LogP) is 4.20. The van der Waals surface area contributed by atoms with Gasteiger partial charge in [0.15, 0.2) is 0 Å². The highest BCUT2D eigenvalue weighted by Gasteiger charge is 2.18. The van der Waals surface area contributed by atoms with E-state index in [1.807, 2.05) is 12.1 Å². The summed E-state index contributed by atoms with van der Waals surface area (Å²) in [7, 11) is -4.16. The molecule has 0 aliphatic rings. The van der Waals surface area contributed by atoms with E-state index in [9.17, 15) is 8.42 Å². The predicted molar refractivity (Wildman–Crippen MR) is 85.2 cm³/mol. The molecule has 1 unspecified atom stereocenters. The molecule has 1 rings (SSSR count). The second kappa shape index (κ2) is 9.05. The molecule has 1 aromatic carbocycles. The van der Waals surface area contributed by atoms with Crippen molar-refractivity contribution in [2.45, 2.75) is 64.2 Å². The number of aryl methyl sites for hydroxylation is 1. The van der Waals surface area contributed by atoms with Crippen molar-refractivity contribution in [3.05, 3.63) is 29.8 Å². The lowest BCUT2D eigenvalue weighted by Gasteiger charge is -2.12. The molecule has 120 valence electrons. The first-order chi connectivity index (χ1) is 9.93. The highest BCUT2D eigenvalue weighted by Crippen LogP contribution is 2.17. The summed E-state index contributed by atoms with van der Waals surface area (Å²) >= 11 is 0. The Bertz CT molecular complexity index is 494. The molecule has 1 aromatic rings. The molecule has 4 nitrogen and oxygen atoms in total. The normalized spacial score (nSPS) is 13.1. The zero-order valence-corrected chi connectivity index (χ0v) is 13.7. The van der Waals surface area contributed by atoms with E-state index in [4.69, 9.17) is 9.29 Å². The third-order valence-electron chi connectivity index (χ3n) is 3.46. The maximum atomic E-state index is 10.9. The third kappa shape index (κ3) is 7.48. The molecular formula is C16H26O4S. The molecule has 0 fully saturated rings. The number of benzene rings is 1. The third-order valence-corrected chi connectivity index (χ3v) is 4.40. The van der Waals surface area contributed by atoms with Crippen molar-refractivity contribution in [1.29, 1.82) is 0 Å². The maximum Gasteiger partial charge on any atom is 0.303 e. The van der Waals surface area contributed by atoms with Crippen molar-refractivity contribution in [2.24, 2.45) is 0 Å². The summed E-state index contributed by atoms with van der Waals surface area (Å²) in [6, 6.07) is 7.37. The van der Waals surface area contributed by atoms with Crippen LogP contribution in [0.15, 0.2) is 24.3 Å². The summed E-state index contributed by atoms with van der Waals surface area (Å²) in [4.78, 5) is 0. The fourth-order valence-corrected chi connectivity index (χ4v) is 2.33. The van der Waals surface area contributed by atoms with Crippen LogP contribution in [0.5, 0.6) is 5.75 Å². The summed E-state index contributed by atoms with van der Waals surface area (Å²) < 4.78 is 35.8. The van der Waals surface area contributed by atoms with Crippen LogP contribution in [0.1, 0.15) is 57.9 Å². The van der Waals surface area contributed by atoms with Gasteiger partial charge in [-0.05, 0) is 37.5 Å². The molecule has 0 saturated heterocycles. The van der Waals surface area contributed by atoms with Crippen LogP contribution in [0.2, 0.25) is 0 Å². The van der Waals surface area contributed by atoms with Crippen LogP contribution >= 0.6 is 0 Å². The minimum atomic E-state index is -4.16. The second-order valence-electron chi connectivity index (χ2n) is 5.36. The van der Waals surface area contributed by atoms with Crippen LogP contribution in [-0.4, -0.2) is 18.4 Å². The van der Waals surface area contributed by atoms with E-state index < -0.39 is 15.6 Å². The maximum absolute atomic E-state index is 10.9. The fraction of sp³-hybridized carbons (Fsp3) is 0.625. The van der Waals surface area contributed by atoms with Gasteiger partial charge in [-0.3, -0.25) is 4.55 Å². The van der Waals surface area contributed by atoms with Gasteiger partial charge in [-0.2, -0.15) is 8.42 Å². The highest BCUT2D eigenvalue weighted by molar-refractivity contribution is 7.86. The minimum Gasteiger partial charge on any atom is -0.472 e. The van der Waals surface area contributed by atoms with Crippen LogP contribution in [0.3, 0.4) is 0 Å². The van der Waals surface area contributed by atoms with Gasteiger partial charge in [0, 0.05) is 0 Å². The van der Waals surface area contributed by atoms with Crippen LogP contribution in [0.25, 0.3) is 0 Å². The summed E-state index contributed by atoms with van der Waals surface area (Å²) in [5.74, 6) is 0.451. The second-order valence-corrected chi connectivity index (χ2v) is 7.06. The SMILES string of the molecule is CCCCCCCCc1ccc(OC(C)S(=O)(=O)O)cc1. The van der Waals surface area contributed by atoms with E-state index in [0.717, 1.165) is 6.42 Å². The number of rotatable bonds is 10. The molecule has 0 radical (unpaired) electrons. The first-order valence-corrected chi connectivity index (χ1v) is 9.15. The van der Waals surface area contributed by atoms with Crippen molar-refractivity contribution in [2.75, 3.05) is 0 Å². The molecular weight excluding hydrogens is 288 g/mol. The Hall–Kier alpha value is -1.07. The van der Waals surface area contributed by atoms with Crippen molar-refractivity contribution >= 4 is 10.1 Å². The largest absolute Gasteiger partial charge is 0.472 e. The molecule has 0 spiro atoms. The number of hydrogen-bond donors (Lipinski definition) is 1. The monoisotopic (exact) mass is 314 g/mol. The first kappa shape index (κ1) is 18.0.